The van der Waals surface area contributed by atoms with Gasteiger partial charge in [-0.05, 0) is 12.5 Å². The van der Waals surface area contributed by atoms with Crippen LogP contribution in [0.15, 0.2) is 30.3 Å². The van der Waals surface area contributed by atoms with Crippen LogP contribution in [-0.2, 0) is 21.0 Å². The predicted molar refractivity (Wildman–Crippen MR) is 70.7 cm³/mol. The lowest BCUT2D eigenvalue weighted by atomic mass is 10.0. The fourth-order valence-electron chi connectivity index (χ4n) is 1.82. The van der Waals surface area contributed by atoms with E-state index in [0.29, 0.717) is 19.6 Å². The van der Waals surface area contributed by atoms with Crippen molar-refractivity contribution in [1.29, 1.82) is 0 Å². The molecular weight excluding hydrogens is 248 g/mol. The van der Waals surface area contributed by atoms with Crippen molar-refractivity contribution in [3.63, 3.8) is 0 Å². The van der Waals surface area contributed by atoms with E-state index in [-0.39, 0.29) is 19.8 Å². The van der Waals surface area contributed by atoms with E-state index >= 15 is 0 Å². The molecule has 0 aromatic heterocycles. The first kappa shape index (κ1) is 16.1. The number of aliphatic hydroxyl groups is 1. The molecule has 2 N–H and O–H groups in total. The topological polar surface area (TPSA) is 68.2 Å². The molecule has 1 aromatic rings. The molecule has 1 unspecified atom stereocenters. The van der Waals surface area contributed by atoms with Gasteiger partial charge < -0.3 is 14.6 Å². The number of hydrogen-bond donors (Lipinski definition) is 2. The van der Waals surface area contributed by atoms with Crippen LogP contribution >= 0.6 is 0 Å². The Balaban J connectivity index is 2.47. The summed E-state index contributed by atoms with van der Waals surface area (Å²) in [7, 11) is 0. The molecule has 0 aliphatic heterocycles. The molecule has 108 valence electrons. The Morgan fingerprint density at radius 3 is 2.53 bits per heavy atom. The number of ether oxygens (including phenoxy) is 2. The van der Waals surface area contributed by atoms with Gasteiger partial charge in [0, 0.05) is 13.0 Å². The molecule has 19 heavy (non-hydrogen) atoms. The van der Waals surface area contributed by atoms with Crippen molar-refractivity contribution in [2.75, 3.05) is 26.4 Å². The number of aliphatic hydroxyl groups excluding tert-OH is 1. The van der Waals surface area contributed by atoms with Gasteiger partial charge in [-0.25, -0.2) is 4.89 Å². The second kappa shape index (κ2) is 9.01. The molecule has 1 atom stereocenters. The fraction of sp³-hybridized carbons (Fsp3) is 0.571. The Kier molecular flexibility index (Phi) is 7.62. The molecule has 0 bridgehead atoms. The maximum atomic E-state index is 9.49. The van der Waals surface area contributed by atoms with Crippen LogP contribution in [-0.4, -0.2) is 42.4 Å². The lowest BCUT2D eigenvalue weighted by Crippen LogP contribution is -2.43. The van der Waals surface area contributed by atoms with Crippen molar-refractivity contribution in [3.05, 3.63) is 35.9 Å². The average molecular weight is 270 g/mol. The molecule has 0 aliphatic carbocycles. The molecule has 0 heterocycles. The Morgan fingerprint density at radius 1 is 1.21 bits per heavy atom. The summed E-state index contributed by atoms with van der Waals surface area (Å²) in [5.41, 5.74) is 0.232. The highest BCUT2D eigenvalue weighted by atomic mass is 17.1. The normalized spacial score (nSPS) is 14.3. The van der Waals surface area contributed by atoms with E-state index in [9.17, 15) is 5.11 Å². The van der Waals surface area contributed by atoms with Crippen molar-refractivity contribution in [1.82, 2.24) is 0 Å². The van der Waals surface area contributed by atoms with Gasteiger partial charge in [-0.2, -0.15) is 0 Å². The SMILES string of the molecule is CCOC(CO)(CCOO)COCc1ccccc1. The molecule has 0 fully saturated rings. The predicted octanol–water partition coefficient (Wildman–Crippen LogP) is 1.85. The van der Waals surface area contributed by atoms with Gasteiger partial charge in [-0.3, -0.25) is 5.26 Å². The minimum atomic E-state index is -0.827. The fourth-order valence-corrected chi connectivity index (χ4v) is 1.82. The van der Waals surface area contributed by atoms with Gasteiger partial charge in [-0.1, -0.05) is 30.3 Å². The highest BCUT2D eigenvalue weighted by Gasteiger charge is 2.30. The Hall–Kier alpha value is -0.980. The van der Waals surface area contributed by atoms with Gasteiger partial charge >= 0.3 is 0 Å². The third-order valence-corrected chi connectivity index (χ3v) is 2.86. The maximum Gasteiger partial charge on any atom is 0.117 e. The van der Waals surface area contributed by atoms with Crippen molar-refractivity contribution >= 4 is 0 Å². The molecular formula is C14H22O5. The highest BCUT2D eigenvalue weighted by Crippen LogP contribution is 2.17. The second-order valence-electron chi connectivity index (χ2n) is 4.34. The third kappa shape index (κ3) is 5.67. The molecule has 0 spiro atoms. The van der Waals surface area contributed by atoms with Crippen molar-refractivity contribution in [2.45, 2.75) is 25.6 Å². The summed E-state index contributed by atoms with van der Waals surface area (Å²) in [5, 5.41) is 17.9. The van der Waals surface area contributed by atoms with Crippen LogP contribution in [0.2, 0.25) is 0 Å². The van der Waals surface area contributed by atoms with E-state index in [1.165, 1.54) is 0 Å². The number of rotatable bonds is 10. The van der Waals surface area contributed by atoms with Crippen molar-refractivity contribution in [3.8, 4) is 0 Å². The Labute approximate surface area is 113 Å². The van der Waals surface area contributed by atoms with Gasteiger partial charge in [0.15, 0.2) is 0 Å². The molecule has 0 saturated heterocycles. The lowest BCUT2D eigenvalue weighted by Gasteiger charge is -2.31. The molecule has 1 rings (SSSR count). The van der Waals surface area contributed by atoms with E-state index < -0.39 is 5.60 Å². The summed E-state index contributed by atoms with van der Waals surface area (Å²) in [6, 6.07) is 9.77. The molecule has 5 nitrogen and oxygen atoms in total. The first-order valence-electron chi connectivity index (χ1n) is 6.39. The first-order chi connectivity index (χ1) is 9.26. The Morgan fingerprint density at radius 2 is 1.95 bits per heavy atom. The molecule has 0 radical (unpaired) electrons. The minimum Gasteiger partial charge on any atom is -0.393 e. The van der Waals surface area contributed by atoms with E-state index in [1.54, 1.807) is 0 Å². The molecule has 5 heteroatoms. The molecule has 0 amide bonds. The zero-order chi connectivity index (χ0) is 14.0. The quantitative estimate of drug-likeness (QED) is 0.501. The summed E-state index contributed by atoms with van der Waals surface area (Å²) in [4.78, 5) is 4.06. The van der Waals surface area contributed by atoms with E-state index in [1.807, 2.05) is 37.3 Å². The second-order valence-corrected chi connectivity index (χ2v) is 4.34. The number of benzene rings is 1. The number of hydrogen-bond acceptors (Lipinski definition) is 5. The van der Waals surface area contributed by atoms with Crippen LogP contribution in [0.5, 0.6) is 0 Å². The van der Waals surface area contributed by atoms with Crippen molar-refractivity contribution in [2.24, 2.45) is 0 Å². The van der Waals surface area contributed by atoms with E-state index in [2.05, 4.69) is 4.89 Å². The van der Waals surface area contributed by atoms with Gasteiger partial charge in [0.05, 0.1) is 26.4 Å². The average Bonchev–Trinajstić information content (AvgIpc) is 2.46. The maximum absolute atomic E-state index is 9.49. The lowest BCUT2D eigenvalue weighted by molar-refractivity contribution is -0.255. The third-order valence-electron chi connectivity index (χ3n) is 2.86. The van der Waals surface area contributed by atoms with Crippen LogP contribution in [0.3, 0.4) is 0 Å². The Bertz CT molecular complexity index is 330. The standard InChI is InChI=1S/C14H22O5/c1-2-18-14(11-15,8-9-19-16)12-17-10-13-6-4-3-5-7-13/h3-7,15-16H,2,8-12H2,1H3. The van der Waals surface area contributed by atoms with E-state index in [0.717, 1.165) is 5.56 Å². The summed E-state index contributed by atoms with van der Waals surface area (Å²) in [5.74, 6) is 0. The molecule has 1 aromatic carbocycles. The van der Waals surface area contributed by atoms with Crippen LogP contribution in [0, 0.1) is 0 Å². The van der Waals surface area contributed by atoms with Crippen LogP contribution in [0.25, 0.3) is 0 Å². The molecule has 0 saturated carbocycles. The zero-order valence-electron chi connectivity index (χ0n) is 11.2. The van der Waals surface area contributed by atoms with Crippen LogP contribution < -0.4 is 0 Å². The van der Waals surface area contributed by atoms with Crippen LogP contribution in [0.1, 0.15) is 18.9 Å². The largest absolute Gasteiger partial charge is 0.393 e. The summed E-state index contributed by atoms with van der Waals surface area (Å²) in [6.45, 7) is 2.92. The summed E-state index contributed by atoms with van der Waals surface area (Å²) < 4.78 is 11.2. The highest BCUT2D eigenvalue weighted by molar-refractivity contribution is 5.13. The summed E-state index contributed by atoms with van der Waals surface area (Å²) >= 11 is 0. The monoisotopic (exact) mass is 270 g/mol. The first-order valence-corrected chi connectivity index (χ1v) is 6.39. The smallest absolute Gasteiger partial charge is 0.117 e. The van der Waals surface area contributed by atoms with Gasteiger partial charge in [-0.15, -0.1) is 0 Å². The minimum absolute atomic E-state index is 0.0925. The van der Waals surface area contributed by atoms with Gasteiger partial charge in [0.25, 0.3) is 0 Å². The zero-order valence-corrected chi connectivity index (χ0v) is 11.2. The van der Waals surface area contributed by atoms with Crippen molar-refractivity contribution < 1.29 is 24.7 Å². The van der Waals surface area contributed by atoms with Gasteiger partial charge in [0.1, 0.15) is 5.60 Å². The summed E-state index contributed by atoms with van der Waals surface area (Å²) in [6.07, 6.45) is 0.364. The van der Waals surface area contributed by atoms with Crippen LogP contribution in [0.4, 0.5) is 0 Å². The van der Waals surface area contributed by atoms with E-state index in [4.69, 9.17) is 14.7 Å². The van der Waals surface area contributed by atoms with Gasteiger partial charge in [0.2, 0.25) is 0 Å². The molecule has 0 aliphatic rings.